The van der Waals surface area contributed by atoms with Crippen LogP contribution in [0.15, 0.2) is 206 Å². The number of anilines is 4. The molecule has 2 saturated carbocycles. The Morgan fingerprint density at radius 1 is 0.307 bits per heavy atom. The molecular weight excluding hydrogens is 905 g/mol. The molecule has 10 aromatic rings. The summed E-state index contributed by atoms with van der Waals surface area (Å²) in [6.45, 7) is 10.1. The second-order valence-electron chi connectivity index (χ2n) is 23.8. The molecular formula is C73H64N2. The van der Waals surface area contributed by atoms with Crippen LogP contribution in [0, 0.1) is 0 Å². The zero-order valence-corrected chi connectivity index (χ0v) is 43.9. The molecule has 0 N–H and O–H groups in total. The Morgan fingerprint density at radius 2 is 0.653 bits per heavy atom. The number of fused-ring (bicyclic) bond motifs is 11. The predicted molar refractivity (Wildman–Crippen MR) is 317 cm³/mol. The molecule has 2 fully saturated rings. The second kappa shape index (κ2) is 16.4. The van der Waals surface area contributed by atoms with Gasteiger partial charge in [-0.25, -0.2) is 0 Å². The van der Waals surface area contributed by atoms with Crippen molar-refractivity contribution in [2.24, 2.45) is 0 Å². The van der Waals surface area contributed by atoms with Crippen LogP contribution in [0.1, 0.15) is 101 Å². The van der Waals surface area contributed by atoms with Gasteiger partial charge in [0, 0.05) is 33.6 Å². The van der Waals surface area contributed by atoms with Crippen LogP contribution < -0.4 is 9.80 Å². The van der Waals surface area contributed by atoms with E-state index in [4.69, 9.17) is 0 Å². The fraction of sp³-hybridized carbons (Fsp3) is 0.233. The quantitative estimate of drug-likeness (QED) is 0.164. The van der Waals surface area contributed by atoms with Gasteiger partial charge in [0.25, 0.3) is 0 Å². The molecule has 0 amide bonds. The van der Waals surface area contributed by atoms with Gasteiger partial charge in [0.15, 0.2) is 0 Å². The highest BCUT2D eigenvalue weighted by atomic mass is 15.3. The Balaban J connectivity index is 0.748. The molecule has 4 unspecified atom stereocenters. The van der Waals surface area contributed by atoms with E-state index in [1.165, 1.54) is 174 Å². The summed E-state index contributed by atoms with van der Waals surface area (Å²) in [5.74, 6) is 0. The molecule has 0 aromatic heterocycles. The highest BCUT2D eigenvalue weighted by Crippen LogP contribution is 2.63. The average molecular weight is 969 g/mol. The Hall–Kier alpha value is -7.68. The SMILES string of the molecule is CC12CCCCC1(C)N(c1ccccc1)c1ccc(-c3cccc4c(-c5ccc6c(c5)Cc5cc(-c7cccc8c(-c9ccc%10c(c9)C9(C)CCCCC9(C)N%10c9ccccc9)cccc78)ccc5-6)cccc34)cc12. The number of para-hydroxylation sites is 2. The molecule has 2 heteroatoms. The minimum absolute atomic E-state index is 0.0292. The van der Waals surface area contributed by atoms with E-state index in [1.807, 2.05) is 0 Å². The molecule has 0 radical (unpaired) electrons. The molecule has 0 saturated heterocycles. The molecule has 366 valence electrons. The summed E-state index contributed by atoms with van der Waals surface area (Å²) in [5.41, 5.74) is 24.4. The largest absolute Gasteiger partial charge is 0.334 e. The van der Waals surface area contributed by atoms with Crippen LogP contribution in [-0.4, -0.2) is 11.1 Å². The van der Waals surface area contributed by atoms with Gasteiger partial charge < -0.3 is 9.80 Å². The van der Waals surface area contributed by atoms with Gasteiger partial charge in [0.1, 0.15) is 0 Å². The molecule has 3 aliphatic carbocycles. The van der Waals surface area contributed by atoms with Gasteiger partial charge in [-0.2, -0.15) is 0 Å². The summed E-state index contributed by atoms with van der Waals surface area (Å²) in [4.78, 5) is 5.36. The number of nitrogens with zero attached hydrogens (tertiary/aromatic N) is 2. The summed E-state index contributed by atoms with van der Waals surface area (Å²) in [6.07, 6.45) is 10.8. The Labute approximate surface area is 443 Å². The van der Waals surface area contributed by atoms with Crippen molar-refractivity contribution in [3.05, 3.63) is 229 Å². The molecule has 2 nitrogen and oxygen atoms in total. The number of rotatable bonds is 6. The van der Waals surface area contributed by atoms with Gasteiger partial charge in [-0.05, 0) is 194 Å². The van der Waals surface area contributed by atoms with Crippen LogP contribution in [0.5, 0.6) is 0 Å². The molecule has 75 heavy (non-hydrogen) atoms. The molecule has 15 rings (SSSR count). The monoisotopic (exact) mass is 969 g/mol. The van der Waals surface area contributed by atoms with E-state index >= 15 is 0 Å². The fourth-order valence-electron chi connectivity index (χ4n) is 15.9. The molecule has 2 aliphatic heterocycles. The first kappa shape index (κ1) is 44.8. The van der Waals surface area contributed by atoms with Crippen LogP contribution in [0.4, 0.5) is 22.7 Å². The second-order valence-corrected chi connectivity index (χ2v) is 23.8. The lowest BCUT2D eigenvalue weighted by Gasteiger charge is -2.50. The summed E-state index contributed by atoms with van der Waals surface area (Å²) in [5, 5.41) is 5.23. The van der Waals surface area contributed by atoms with Crippen molar-refractivity contribution < 1.29 is 0 Å². The maximum Gasteiger partial charge on any atom is 0.0517 e. The lowest BCUT2D eigenvalue weighted by molar-refractivity contribution is 0.195. The first-order valence-corrected chi connectivity index (χ1v) is 28.0. The third kappa shape index (κ3) is 6.32. The Kier molecular flexibility index (Phi) is 9.80. The molecule has 5 aliphatic rings. The lowest BCUT2D eigenvalue weighted by atomic mass is 9.61. The van der Waals surface area contributed by atoms with E-state index in [-0.39, 0.29) is 21.9 Å². The molecule has 0 bridgehead atoms. The predicted octanol–water partition coefficient (Wildman–Crippen LogP) is 19.7. The van der Waals surface area contributed by atoms with Crippen LogP contribution in [0.3, 0.4) is 0 Å². The van der Waals surface area contributed by atoms with Crippen LogP contribution in [-0.2, 0) is 17.3 Å². The van der Waals surface area contributed by atoms with E-state index < -0.39 is 0 Å². The van der Waals surface area contributed by atoms with E-state index in [0.717, 1.165) is 6.42 Å². The number of benzene rings is 10. The van der Waals surface area contributed by atoms with Gasteiger partial charge in [-0.15, -0.1) is 0 Å². The molecule has 2 heterocycles. The third-order valence-electron chi connectivity index (χ3n) is 20.2. The van der Waals surface area contributed by atoms with E-state index in [9.17, 15) is 0 Å². The van der Waals surface area contributed by atoms with E-state index in [0.29, 0.717) is 0 Å². The van der Waals surface area contributed by atoms with Crippen molar-refractivity contribution in [3.63, 3.8) is 0 Å². The van der Waals surface area contributed by atoms with Crippen molar-refractivity contribution in [1.29, 1.82) is 0 Å². The van der Waals surface area contributed by atoms with Gasteiger partial charge in [-0.1, -0.05) is 197 Å². The van der Waals surface area contributed by atoms with Crippen molar-refractivity contribution >= 4 is 44.3 Å². The third-order valence-corrected chi connectivity index (χ3v) is 20.2. The van der Waals surface area contributed by atoms with Gasteiger partial charge in [0.2, 0.25) is 0 Å². The van der Waals surface area contributed by atoms with Crippen molar-refractivity contribution in [3.8, 4) is 55.6 Å². The maximum absolute atomic E-state index is 2.68. The molecule has 0 spiro atoms. The minimum atomic E-state index is 0.0292. The molecule has 10 aromatic carbocycles. The first-order valence-electron chi connectivity index (χ1n) is 28.0. The Morgan fingerprint density at radius 3 is 1.04 bits per heavy atom. The minimum Gasteiger partial charge on any atom is -0.334 e. The Bertz CT molecular complexity index is 3710. The zero-order chi connectivity index (χ0) is 50.3. The van der Waals surface area contributed by atoms with Crippen molar-refractivity contribution in [1.82, 2.24) is 0 Å². The van der Waals surface area contributed by atoms with E-state index in [1.54, 1.807) is 0 Å². The summed E-state index contributed by atoms with van der Waals surface area (Å²) < 4.78 is 0. The summed E-state index contributed by atoms with van der Waals surface area (Å²) >= 11 is 0. The standard InChI is InChI=1S/C73H64N2/c1-70-39-11-13-41-72(70,3)74(54-19-7-5-8-20-54)68-37-33-50(46-66(68)70)58-25-17-27-62-56(23-15-29-64(58)62)48-31-35-60-52(43-48)45-53-44-49(32-36-61(53)60)57-24-16-30-65-59(26-18-28-63(57)65)51-34-38-69-67(47-51)71(2)40-12-14-42-73(71,4)75(69)55-21-9-6-10-22-55/h5-10,15-38,43-44,46-47H,11-14,39-42,45H2,1-4H3. The van der Waals surface area contributed by atoms with Crippen LogP contribution >= 0.6 is 0 Å². The highest BCUT2D eigenvalue weighted by molar-refractivity contribution is 6.07. The first-order chi connectivity index (χ1) is 36.6. The van der Waals surface area contributed by atoms with Crippen molar-refractivity contribution in [2.75, 3.05) is 9.80 Å². The summed E-state index contributed by atoms with van der Waals surface area (Å²) in [6, 6.07) is 79.1. The zero-order valence-electron chi connectivity index (χ0n) is 43.9. The normalized spacial score (nSPS) is 23.1. The fourth-order valence-corrected chi connectivity index (χ4v) is 15.9. The topological polar surface area (TPSA) is 6.48 Å². The molecule has 4 atom stereocenters. The summed E-state index contributed by atoms with van der Waals surface area (Å²) in [7, 11) is 0. The van der Waals surface area contributed by atoms with Crippen molar-refractivity contribution in [2.45, 2.75) is 107 Å². The highest BCUT2D eigenvalue weighted by Gasteiger charge is 2.59. The smallest absolute Gasteiger partial charge is 0.0517 e. The van der Waals surface area contributed by atoms with Gasteiger partial charge in [-0.3, -0.25) is 0 Å². The van der Waals surface area contributed by atoms with E-state index in [2.05, 4.69) is 244 Å². The lowest BCUT2D eigenvalue weighted by Crippen LogP contribution is -2.54. The maximum atomic E-state index is 2.68. The van der Waals surface area contributed by atoms with Crippen LogP contribution in [0.25, 0.3) is 77.2 Å². The average Bonchev–Trinajstić information content (AvgIpc) is 4.04. The number of hydrogen-bond acceptors (Lipinski definition) is 2. The number of hydrogen-bond donors (Lipinski definition) is 0. The van der Waals surface area contributed by atoms with Gasteiger partial charge >= 0.3 is 0 Å². The van der Waals surface area contributed by atoms with Crippen LogP contribution in [0.2, 0.25) is 0 Å². The van der Waals surface area contributed by atoms with Gasteiger partial charge in [0.05, 0.1) is 11.1 Å².